The van der Waals surface area contributed by atoms with Crippen LogP contribution in [0.1, 0.15) is 32.3 Å². The van der Waals surface area contributed by atoms with Crippen molar-refractivity contribution >= 4 is 29.3 Å². The monoisotopic (exact) mass is 538 g/mol. The zero-order valence-electron chi connectivity index (χ0n) is 22.4. The van der Waals surface area contributed by atoms with E-state index < -0.39 is 29.1 Å². The van der Waals surface area contributed by atoms with Gasteiger partial charge in [0.05, 0.1) is 35.1 Å². The van der Waals surface area contributed by atoms with Gasteiger partial charge in [0.1, 0.15) is 11.5 Å². The number of carbonyl (C=O) groups is 4. The molecule has 3 fully saturated rings. The molecule has 7 rings (SSSR count). The molecule has 6 unspecified atom stereocenters. The summed E-state index contributed by atoms with van der Waals surface area (Å²) in [6.45, 7) is 3.99. The fourth-order valence-corrected chi connectivity index (χ4v) is 8.05. The summed E-state index contributed by atoms with van der Waals surface area (Å²) in [5.41, 5.74) is 1.96. The normalized spacial score (nSPS) is 32.6. The van der Waals surface area contributed by atoms with E-state index in [1.165, 1.54) is 9.80 Å². The lowest BCUT2D eigenvalue weighted by atomic mass is 9.51. The Morgan fingerprint density at radius 2 is 1.77 bits per heavy atom. The van der Waals surface area contributed by atoms with Gasteiger partial charge in [-0.2, -0.15) is 0 Å². The van der Waals surface area contributed by atoms with E-state index in [0.717, 1.165) is 16.7 Å². The Bertz CT molecular complexity index is 1540. The maximum Gasteiger partial charge on any atom is 0.241 e. The number of benzene rings is 2. The van der Waals surface area contributed by atoms with Crippen LogP contribution in [0.25, 0.3) is 0 Å². The van der Waals surface area contributed by atoms with E-state index >= 15 is 0 Å². The lowest BCUT2D eigenvalue weighted by Gasteiger charge is -2.49. The molecule has 2 saturated heterocycles. The van der Waals surface area contributed by atoms with Crippen molar-refractivity contribution in [1.82, 2.24) is 4.90 Å². The number of aromatic hydroxyl groups is 1. The number of allylic oxidation sites excluding steroid dienone is 3. The molecule has 8 heteroatoms. The molecule has 6 atom stereocenters. The maximum absolute atomic E-state index is 14.4. The second-order valence-electron chi connectivity index (χ2n) is 11.7. The summed E-state index contributed by atoms with van der Waals surface area (Å²) >= 11 is 0. The molecule has 40 heavy (non-hydrogen) atoms. The third kappa shape index (κ3) is 3.19. The summed E-state index contributed by atoms with van der Waals surface area (Å²) in [6, 6.07) is 13.9. The molecule has 8 nitrogen and oxygen atoms in total. The number of para-hydroxylation sites is 1. The van der Waals surface area contributed by atoms with Crippen molar-refractivity contribution in [3.63, 3.8) is 0 Å². The minimum Gasteiger partial charge on any atom is -0.508 e. The van der Waals surface area contributed by atoms with Crippen molar-refractivity contribution in [3.8, 4) is 11.5 Å². The van der Waals surface area contributed by atoms with E-state index in [9.17, 15) is 24.3 Å². The van der Waals surface area contributed by atoms with Gasteiger partial charge in [-0.15, -0.1) is 0 Å². The van der Waals surface area contributed by atoms with Crippen LogP contribution < -0.4 is 9.64 Å². The fourth-order valence-electron chi connectivity index (χ4n) is 8.05. The van der Waals surface area contributed by atoms with Gasteiger partial charge in [0.2, 0.25) is 23.6 Å². The number of likely N-dealkylation sites (tertiary alicyclic amines) is 1. The fraction of sp³-hybridized carbons (Fsp3) is 0.375. The number of amides is 4. The Balaban J connectivity index is 1.38. The Hall–Kier alpha value is -4.20. The van der Waals surface area contributed by atoms with Crippen LogP contribution in [0.4, 0.5) is 5.69 Å². The van der Waals surface area contributed by atoms with Crippen LogP contribution in [0.15, 0.2) is 72.0 Å². The minimum absolute atomic E-state index is 0.117. The van der Waals surface area contributed by atoms with Crippen LogP contribution in [-0.4, -0.2) is 40.2 Å². The molecule has 2 aromatic carbocycles. The molecular formula is C32H30N2O6. The van der Waals surface area contributed by atoms with Gasteiger partial charge in [-0.05, 0) is 68.5 Å². The number of fused-ring (bicyclic) bond motifs is 5. The van der Waals surface area contributed by atoms with Crippen molar-refractivity contribution in [1.29, 1.82) is 0 Å². The minimum atomic E-state index is -1.11. The van der Waals surface area contributed by atoms with E-state index in [2.05, 4.69) is 0 Å². The summed E-state index contributed by atoms with van der Waals surface area (Å²) in [7, 11) is 0. The van der Waals surface area contributed by atoms with Crippen LogP contribution in [0.2, 0.25) is 0 Å². The molecule has 0 aromatic heterocycles. The summed E-state index contributed by atoms with van der Waals surface area (Å²) in [4.78, 5) is 57.8. The Kier molecular flexibility index (Phi) is 5.37. The van der Waals surface area contributed by atoms with E-state index in [1.54, 1.807) is 55.7 Å². The van der Waals surface area contributed by atoms with Gasteiger partial charge in [0.15, 0.2) is 0 Å². The Labute approximate surface area is 231 Å². The van der Waals surface area contributed by atoms with Crippen LogP contribution in [-0.2, 0) is 25.6 Å². The van der Waals surface area contributed by atoms with E-state index in [1.807, 2.05) is 19.1 Å². The van der Waals surface area contributed by atoms with Crippen molar-refractivity contribution in [2.24, 2.45) is 35.0 Å². The third-order valence-electron chi connectivity index (χ3n) is 9.84. The summed E-state index contributed by atoms with van der Waals surface area (Å²) in [5, 5.41) is 10.1. The lowest BCUT2D eigenvalue weighted by Crippen LogP contribution is -2.51. The lowest BCUT2D eigenvalue weighted by molar-refractivity contribution is -0.140. The first-order valence-electron chi connectivity index (χ1n) is 13.9. The number of rotatable bonds is 3. The first kappa shape index (κ1) is 24.8. The van der Waals surface area contributed by atoms with Crippen molar-refractivity contribution in [3.05, 3.63) is 77.6 Å². The first-order chi connectivity index (χ1) is 19.3. The summed E-state index contributed by atoms with van der Waals surface area (Å²) in [6.07, 6.45) is 4.89. The molecule has 5 aliphatic rings. The number of carbonyl (C=O) groups excluding carboxylic acids is 4. The van der Waals surface area contributed by atoms with Gasteiger partial charge < -0.3 is 9.84 Å². The molecule has 2 aliphatic carbocycles. The molecule has 1 N–H and O–H groups in total. The molecule has 3 aliphatic heterocycles. The number of anilines is 1. The average molecular weight is 539 g/mol. The van der Waals surface area contributed by atoms with Crippen LogP contribution >= 0.6 is 0 Å². The molecule has 2 aromatic rings. The number of nitrogens with zero attached hydrogens (tertiary/aromatic N) is 2. The predicted molar refractivity (Wildman–Crippen MR) is 145 cm³/mol. The quantitative estimate of drug-likeness (QED) is 0.468. The Morgan fingerprint density at radius 3 is 2.52 bits per heavy atom. The van der Waals surface area contributed by atoms with Crippen LogP contribution in [0.3, 0.4) is 0 Å². The predicted octanol–water partition coefficient (Wildman–Crippen LogP) is 3.99. The number of imide groups is 2. The number of hydrogen-bond donors (Lipinski definition) is 1. The highest BCUT2D eigenvalue weighted by atomic mass is 16.5. The van der Waals surface area contributed by atoms with Gasteiger partial charge in [-0.25, -0.2) is 4.90 Å². The summed E-state index contributed by atoms with van der Waals surface area (Å²) < 4.78 is 6.01. The molecular weight excluding hydrogens is 508 g/mol. The third-order valence-corrected chi connectivity index (χ3v) is 9.84. The summed E-state index contributed by atoms with van der Waals surface area (Å²) in [5.74, 6) is -2.64. The number of hydrogen-bond acceptors (Lipinski definition) is 6. The number of ether oxygens (including phenoxy) is 1. The number of phenolic OH excluding ortho intramolecular Hbond substituents is 1. The van der Waals surface area contributed by atoms with Crippen molar-refractivity contribution < 1.29 is 29.0 Å². The standard InChI is InChI=1S/C32H30N2O6/c1-3-33-28(36)22-11-10-21-23(26(22)30(33)38)15-24-29(37)34(19-7-5-4-6-8-19)31(39)32(24,2)27(21)18-13-17-14-20(35)9-12-25(17)40-16-18/h4-10,12,14,16,22-24,26-27,35H,3,11,13,15H2,1-2H3. The van der Waals surface area contributed by atoms with Gasteiger partial charge in [-0.1, -0.05) is 29.8 Å². The molecule has 204 valence electrons. The highest BCUT2D eigenvalue weighted by Crippen LogP contribution is 2.62. The highest BCUT2D eigenvalue weighted by Gasteiger charge is 2.67. The molecule has 1 saturated carbocycles. The van der Waals surface area contributed by atoms with Crippen LogP contribution in [0, 0.1) is 35.0 Å². The van der Waals surface area contributed by atoms with Gasteiger partial charge in [-0.3, -0.25) is 24.1 Å². The molecule has 0 bridgehead atoms. The van der Waals surface area contributed by atoms with Crippen LogP contribution in [0.5, 0.6) is 11.5 Å². The zero-order chi connectivity index (χ0) is 27.9. The van der Waals surface area contributed by atoms with E-state index in [-0.39, 0.29) is 35.3 Å². The second-order valence-corrected chi connectivity index (χ2v) is 11.7. The Morgan fingerprint density at radius 1 is 1.00 bits per heavy atom. The zero-order valence-corrected chi connectivity index (χ0v) is 22.4. The molecule has 0 spiro atoms. The smallest absolute Gasteiger partial charge is 0.241 e. The van der Waals surface area contributed by atoms with Crippen molar-refractivity contribution in [2.75, 3.05) is 11.4 Å². The largest absolute Gasteiger partial charge is 0.508 e. The maximum atomic E-state index is 14.4. The molecule has 0 radical (unpaired) electrons. The number of phenols is 1. The second kappa shape index (κ2) is 8.65. The van der Waals surface area contributed by atoms with E-state index in [0.29, 0.717) is 37.2 Å². The van der Waals surface area contributed by atoms with Crippen molar-refractivity contribution in [2.45, 2.75) is 33.1 Å². The molecule has 3 heterocycles. The van der Waals surface area contributed by atoms with Gasteiger partial charge >= 0.3 is 0 Å². The topological polar surface area (TPSA) is 104 Å². The SMILES string of the molecule is CCN1C(=O)C2CC=C3C(CC4C(=O)N(c5ccccc5)C(=O)C4(C)C3C3=COc4ccc(O)cc4C3)C2C1=O. The van der Waals surface area contributed by atoms with Gasteiger partial charge in [0, 0.05) is 24.4 Å². The highest BCUT2D eigenvalue weighted by molar-refractivity contribution is 6.24. The van der Waals surface area contributed by atoms with Gasteiger partial charge in [0.25, 0.3) is 0 Å². The van der Waals surface area contributed by atoms with E-state index in [4.69, 9.17) is 4.74 Å². The first-order valence-corrected chi connectivity index (χ1v) is 13.9. The molecule has 4 amide bonds. The average Bonchev–Trinajstić information content (AvgIpc) is 3.32.